The largest absolute Gasteiger partial charge is 0.496 e. The van der Waals surface area contributed by atoms with Crippen LogP contribution in [0.2, 0.25) is 0 Å². The Bertz CT molecular complexity index is 629. The monoisotopic (exact) mass is 295 g/mol. The van der Waals surface area contributed by atoms with E-state index < -0.39 is 0 Å². The molecule has 0 saturated carbocycles. The van der Waals surface area contributed by atoms with E-state index in [-0.39, 0.29) is 5.92 Å². The second kappa shape index (κ2) is 8.09. The van der Waals surface area contributed by atoms with Gasteiger partial charge in [-0.2, -0.15) is 5.26 Å². The molecule has 0 aromatic heterocycles. The quantitative estimate of drug-likeness (QED) is 0.708. The summed E-state index contributed by atoms with van der Waals surface area (Å²) in [6, 6.07) is 18.1. The Balaban J connectivity index is 1.86. The van der Waals surface area contributed by atoms with E-state index in [1.54, 1.807) is 7.11 Å². The van der Waals surface area contributed by atoms with E-state index in [2.05, 4.69) is 13.0 Å². The van der Waals surface area contributed by atoms with Crippen molar-refractivity contribution in [3.63, 3.8) is 0 Å². The van der Waals surface area contributed by atoms with Gasteiger partial charge in [0.1, 0.15) is 11.5 Å². The van der Waals surface area contributed by atoms with Gasteiger partial charge in [-0.25, -0.2) is 0 Å². The molecule has 0 N–H and O–H groups in total. The van der Waals surface area contributed by atoms with Crippen LogP contribution in [0.1, 0.15) is 29.9 Å². The molecule has 0 aliphatic carbocycles. The highest BCUT2D eigenvalue weighted by atomic mass is 16.5. The number of hydrogen-bond donors (Lipinski definition) is 0. The summed E-state index contributed by atoms with van der Waals surface area (Å²) in [5.41, 5.74) is 2.16. The molecule has 3 heteroatoms. The van der Waals surface area contributed by atoms with Crippen LogP contribution < -0.4 is 9.47 Å². The Kier molecular flexibility index (Phi) is 5.85. The average Bonchev–Trinajstić information content (AvgIpc) is 2.57. The molecule has 0 spiro atoms. The molecule has 0 heterocycles. The predicted molar refractivity (Wildman–Crippen MR) is 87.3 cm³/mol. The lowest BCUT2D eigenvalue weighted by Crippen LogP contribution is -2.03. The molecule has 2 aromatic carbocycles. The summed E-state index contributed by atoms with van der Waals surface area (Å²) in [4.78, 5) is 0. The van der Waals surface area contributed by atoms with Crippen molar-refractivity contribution >= 4 is 0 Å². The third-order valence-corrected chi connectivity index (χ3v) is 3.60. The van der Waals surface area contributed by atoms with Crippen molar-refractivity contribution in [3.05, 3.63) is 59.7 Å². The van der Waals surface area contributed by atoms with Crippen LogP contribution in [0.4, 0.5) is 0 Å². The first-order valence-corrected chi connectivity index (χ1v) is 7.46. The van der Waals surface area contributed by atoms with Gasteiger partial charge in [0, 0.05) is 5.56 Å². The standard InChI is InChI=1S/C19H21NO2/c1-15-9-11-17(12-10-15)22-13-5-6-16(14-20)18-7-3-4-8-19(18)21-2/h3-4,7-12,16H,5-6,13H2,1-2H3. The Hall–Kier alpha value is -2.47. The Labute approximate surface area is 132 Å². The lowest BCUT2D eigenvalue weighted by Gasteiger charge is -2.13. The molecule has 2 rings (SSSR count). The van der Waals surface area contributed by atoms with Crippen LogP contribution in [0.5, 0.6) is 11.5 Å². The highest BCUT2D eigenvalue weighted by molar-refractivity contribution is 5.38. The zero-order valence-electron chi connectivity index (χ0n) is 13.1. The Morgan fingerprint density at radius 2 is 1.82 bits per heavy atom. The number of nitrogens with zero attached hydrogens (tertiary/aromatic N) is 1. The van der Waals surface area contributed by atoms with E-state index in [1.165, 1.54) is 5.56 Å². The van der Waals surface area contributed by atoms with Gasteiger partial charge < -0.3 is 9.47 Å². The predicted octanol–water partition coefficient (Wildman–Crippen LogP) is 4.47. The van der Waals surface area contributed by atoms with Crippen LogP contribution in [0.3, 0.4) is 0 Å². The van der Waals surface area contributed by atoms with Gasteiger partial charge in [0.2, 0.25) is 0 Å². The molecule has 1 unspecified atom stereocenters. The van der Waals surface area contributed by atoms with E-state index in [0.717, 1.165) is 29.9 Å². The number of methoxy groups -OCH3 is 1. The average molecular weight is 295 g/mol. The maximum atomic E-state index is 9.40. The smallest absolute Gasteiger partial charge is 0.123 e. The lowest BCUT2D eigenvalue weighted by molar-refractivity contribution is 0.304. The number of para-hydroxylation sites is 1. The second-order valence-electron chi connectivity index (χ2n) is 5.23. The first-order chi connectivity index (χ1) is 10.7. The summed E-state index contributed by atoms with van der Waals surface area (Å²) in [6.45, 7) is 2.66. The molecular formula is C19H21NO2. The summed E-state index contributed by atoms with van der Waals surface area (Å²) >= 11 is 0. The number of rotatable bonds is 7. The minimum absolute atomic E-state index is 0.169. The highest BCUT2D eigenvalue weighted by Gasteiger charge is 2.14. The zero-order chi connectivity index (χ0) is 15.8. The van der Waals surface area contributed by atoms with E-state index >= 15 is 0 Å². The highest BCUT2D eigenvalue weighted by Crippen LogP contribution is 2.29. The zero-order valence-corrected chi connectivity index (χ0v) is 13.1. The van der Waals surface area contributed by atoms with E-state index in [4.69, 9.17) is 9.47 Å². The molecule has 1 atom stereocenters. The van der Waals surface area contributed by atoms with Crippen molar-refractivity contribution in [1.29, 1.82) is 5.26 Å². The van der Waals surface area contributed by atoms with Crippen LogP contribution in [0.15, 0.2) is 48.5 Å². The Morgan fingerprint density at radius 3 is 2.50 bits per heavy atom. The number of ether oxygens (including phenoxy) is 2. The summed E-state index contributed by atoms with van der Waals surface area (Å²) < 4.78 is 11.0. The molecule has 2 aromatic rings. The first kappa shape index (κ1) is 15.9. The minimum Gasteiger partial charge on any atom is -0.496 e. The Morgan fingerprint density at radius 1 is 1.09 bits per heavy atom. The molecule has 0 aliphatic rings. The van der Waals surface area contributed by atoms with Crippen LogP contribution in [-0.2, 0) is 0 Å². The number of benzene rings is 2. The topological polar surface area (TPSA) is 42.2 Å². The first-order valence-electron chi connectivity index (χ1n) is 7.46. The third kappa shape index (κ3) is 4.26. The molecule has 0 radical (unpaired) electrons. The van der Waals surface area contributed by atoms with Gasteiger partial charge in [-0.15, -0.1) is 0 Å². The molecule has 22 heavy (non-hydrogen) atoms. The summed E-state index contributed by atoms with van der Waals surface area (Å²) in [5.74, 6) is 1.47. The molecule has 0 aliphatic heterocycles. The third-order valence-electron chi connectivity index (χ3n) is 3.60. The van der Waals surface area contributed by atoms with Gasteiger partial charge in [-0.05, 0) is 38.0 Å². The molecule has 0 amide bonds. The summed E-state index contributed by atoms with van der Waals surface area (Å²) in [7, 11) is 1.63. The maximum absolute atomic E-state index is 9.40. The fourth-order valence-corrected chi connectivity index (χ4v) is 2.36. The molecule has 0 bridgehead atoms. The molecule has 0 fully saturated rings. The van der Waals surface area contributed by atoms with Gasteiger partial charge >= 0.3 is 0 Å². The lowest BCUT2D eigenvalue weighted by atomic mass is 9.95. The fraction of sp³-hybridized carbons (Fsp3) is 0.316. The SMILES string of the molecule is COc1ccccc1C(C#N)CCCOc1ccc(C)cc1. The van der Waals surface area contributed by atoms with Crippen molar-refractivity contribution in [2.45, 2.75) is 25.7 Å². The van der Waals surface area contributed by atoms with Gasteiger partial charge in [0.25, 0.3) is 0 Å². The molecule has 3 nitrogen and oxygen atoms in total. The van der Waals surface area contributed by atoms with E-state index in [1.807, 2.05) is 48.5 Å². The summed E-state index contributed by atoms with van der Waals surface area (Å²) in [5, 5.41) is 9.40. The van der Waals surface area contributed by atoms with Gasteiger partial charge in [0.05, 0.1) is 25.7 Å². The van der Waals surface area contributed by atoms with Crippen LogP contribution in [0, 0.1) is 18.3 Å². The number of hydrogen-bond acceptors (Lipinski definition) is 3. The van der Waals surface area contributed by atoms with Crippen LogP contribution in [0.25, 0.3) is 0 Å². The van der Waals surface area contributed by atoms with Crippen molar-refractivity contribution in [3.8, 4) is 17.6 Å². The fourth-order valence-electron chi connectivity index (χ4n) is 2.36. The number of nitriles is 1. The van der Waals surface area contributed by atoms with Crippen LogP contribution >= 0.6 is 0 Å². The van der Waals surface area contributed by atoms with Gasteiger partial charge in [-0.3, -0.25) is 0 Å². The maximum Gasteiger partial charge on any atom is 0.123 e. The molecular weight excluding hydrogens is 274 g/mol. The van der Waals surface area contributed by atoms with Crippen molar-refractivity contribution < 1.29 is 9.47 Å². The van der Waals surface area contributed by atoms with Gasteiger partial charge in [0.15, 0.2) is 0 Å². The van der Waals surface area contributed by atoms with Crippen molar-refractivity contribution in [2.75, 3.05) is 13.7 Å². The molecule has 0 saturated heterocycles. The van der Waals surface area contributed by atoms with E-state index in [0.29, 0.717) is 6.61 Å². The second-order valence-corrected chi connectivity index (χ2v) is 5.23. The normalized spacial score (nSPS) is 11.5. The van der Waals surface area contributed by atoms with Crippen molar-refractivity contribution in [1.82, 2.24) is 0 Å². The number of aryl methyl sites for hydroxylation is 1. The van der Waals surface area contributed by atoms with Gasteiger partial charge in [-0.1, -0.05) is 35.9 Å². The van der Waals surface area contributed by atoms with Crippen molar-refractivity contribution in [2.24, 2.45) is 0 Å². The molecule has 114 valence electrons. The minimum atomic E-state index is -0.169. The van der Waals surface area contributed by atoms with E-state index in [9.17, 15) is 5.26 Å². The van der Waals surface area contributed by atoms with Crippen LogP contribution in [-0.4, -0.2) is 13.7 Å². The summed E-state index contributed by atoms with van der Waals surface area (Å²) in [6.07, 6.45) is 1.58.